The first-order valence-electron chi connectivity index (χ1n) is 19.2. The third-order valence-corrected chi connectivity index (χ3v) is 8.12. The fourth-order valence-corrected chi connectivity index (χ4v) is 5.13. The first-order valence-corrected chi connectivity index (χ1v) is 19.2. The van der Waals surface area contributed by atoms with Gasteiger partial charge >= 0.3 is 11.9 Å². The van der Waals surface area contributed by atoms with Crippen LogP contribution in [0, 0.1) is 5.92 Å². The van der Waals surface area contributed by atoms with E-state index in [9.17, 15) is 28.8 Å². The molecular formula is C39H62N2O13. The average Bonchev–Trinajstić information content (AvgIpc) is 3.15. The largest absolute Gasteiger partial charge is 0.494 e. The maximum Gasteiger partial charge on any atom is 0.335 e. The van der Waals surface area contributed by atoms with Crippen LogP contribution in [0.5, 0.6) is 5.75 Å². The number of hydrogen-bond acceptors (Lipinski definition) is 11. The first-order chi connectivity index (χ1) is 26.1. The van der Waals surface area contributed by atoms with Crippen molar-refractivity contribution in [3.05, 3.63) is 29.8 Å². The Labute approximate surface area is 319 Å². The number of amides is 2. The molecule has 1 aromatic rings. The minimum Gasteiger partial charge on any atom is -0.494 e. The molecule has 0 radical (unpaired) electrons. The van der Waals surface area contributed by atoms with Gasteiger partial charge in [0.05, 0.1) is 45.2 Å². The van der Waals surface area contributed by atoms with Gasteiger partial charge in [-0.25, -0.2) is 4.79 Å². The summed E-state index contributed by atoms with van der Waals surface area (Å²) in [5, 5.41) is 23.5. The van der Waals surface area contributed by atoms with E-state index >= 15 is 0 Å². The van der Waals surface area contributed by atoms with Gasteiger partial charge in [0.2, 0.25) is 11.8 Å². The first kappa shape index (κ1) is 48.1. The fraction of sp³-hybridized carbons (Fsp3) is 0.692. The van der Waals surface area contributed by atoms with Crippen LogP contribution in [0.2, 0.25) is 0 Å². The number of carbonyl (C=O) groups excluding carboxylic acids is 4. The number of unbranched alkanes of at least 4 members (excludes halogenated alkanes) is 6. The molecule has 0 aliphatic carbocycles. The Hall–Kier alpha value is -3.92. The number of carboxylic acids is 2. The van der Waals surface area contributed by atoms with Crippen molar-refractivity contribution in [2.24, 2.45) is 5.92 Å². The molecule has 1 atom stereocenters. The lowest BCUT2D eigenvalue weighted by Gasteiger charge is -2.16. The summed E-state index contributed by atoms with van der Waals surface area (Å²) in [7, 11) is 0. The van der Waals surface area contributed by atoms with Crippen LogP contribution in [-0.4, -0.2) is 118 Å². The molecule has 15 heteroatoms. The van der Waals surface area contributed by atoms with Crippen molar-refractivity contribution in [2.45, 2.75) is 96.8 Å². The second kappa shape index (κ2) is 32.5. The van der Waals surface area contributed by atoms with E-state index in [1.807, 2.05) is 6.92 Å². The number of ether oxygens (including phenoxy) is 5. The number of Topliss-reactive ketones (excluding diaryl/α,β-unsaturated/α-hetero) is 2. The molecule has 0 saturated carbocycles. The molecule has 0 bridgehead atoms. The minimum atomic E-state index is -1.02. The van der Waals surface area contributed by atoms with Crippen LogP contribution in [0.4, 0.5) is 0 Å². The lowest BCUT2D eigenvalue weighted by Crippen LogP contribution is -2.34. The molecule has 0 aliphatic heterocycles. The number of aliphatic carboxylic acids is 1. The lowest BCUT2D eigenvalue weighted by atomic mass is 9.94. The van der Waals surface area contributed by atoms with Crippen molar-refractivity contribution in [1.29, 1.82) is 0 Å². The van der Waals surface area contributed by atoms with Gasteiger partial charge < -0.3 is 44.5 Å². The molecule has 0 aliphatic rings. The van der Waals surface area contributed by atoms with E-state index in [0.29, 0.717) is 58.0 Å². The minimum absolute atomic E-state index is 0.000684. The van der Waals surface area contributed by atoms with E-state index < -0.39 is 17.9 Å². The molecule has 0 fully saturated rings. The Kier molecular flexibility index (Phi) is 29.0. The quantitative estimate of drug-likeness (QED) is 0.0693. The molecule has 0 saturated heterocycles. The number of ketones is 2. The monoisotopic (exact) mass is 766 g/mol. The predicted octanol–water partition coefficient (Wildman–Crippen LogP) is 4.38. The number of rotatable bonds is 37. The third kappa shape index (κ3) is 27.7. The molecule has 0 spiro atoms. The fourth-order valence-electron chi connectivity index (χ4n) is 5.13. The smallest absolute Gasteiger partial charge is 0.335 e. The molecule has 0 aromatic heterocycles. The summed E-state index contributed by atoms with van der Waals surface area (Å²) in [6.45, 7) is 4.97. The molecule has 1 aromatic carbocycles. The molecule has 54 heavy (non-hydrogen) atoms. The van der Waals surface area contributed by atoms with E-state index in [4.69, 9.17) is 33.9 Å². The van der Waals surface area contributed by atoms with Crippen LogP contribution in [0.3, 0.4) is 0 Å². The molecule has 306 valence electrons. The Bertz CT molecular complexity index is 1210. The van der Waals surface area contributed by atoms with Crippen molar-refractivity contribution in [3.63, 3.8) is 0 Å². The number of nitrogens with one attached hydrogen (secondary N) is 2. The summed E-state index contributed by atoms with van der Waals surface area (Å²) in [6.07, 6.45) is 8.53. The van der Waals surface area contributed by atoms with Gasteiger partial charge in [0.15, 0.2) is 5.78 Å². The van der Waals surface area contributed by atoms with Gasteiger partial charge in [-0.2, -0.15) is 0 Å². The highest BCUT2D eigenvalue weighted by Crippen LogP contribution is 2.17. The normalized spacial score (nSPS) is 11.5. The molecule has 4 N–H and O–H groups in total. The van der Waals surface area contributed by atoms with Gasteiger partial charge in [0, 0.05) is 51.3 Å². The van der Waals surface area contributed by atoms with Gasteiger partial charge in [-0.15, -0.1) is 0 Å². The number of hydrogen-bond donors (Lipinski definition) is 4. The Morgan fingerprint density at radius 1 is 0.611 bits per heavy atom. The Balaban J connectivity index is 2.06. The van der Waals surface area contributed by atoms with Gasteiger partial charge in [0.25, 0.3) is 0 Å². The van der Waals surface area contributed by atoms with Crippen LogP contribution < -0.4 is 15.4 Å². The van der Waals surface area contributed by atoms with E-state index in [0.717, 1.165) is 51.4 Å². The summed E-state index contributed by atoms with van der Waals surface area (Å²) in [6, 6.07) is 6.33. The molecule has 0 unspecified atom stereocenters. The van der Waals surface area contributed by atoms with Crippen LogP contribution in [0.15, 0.2) is 24.3 Å². The van der Waals surface area contributed by atoms with Gasteiger partial charge in [-0.1, -0.05) is 39.0 Å². The van der Waals surface area contributed by atoms with Crippen LogP contribution in [0.1, 0.15) is 107 Å². The van der Waals surface area contributed by atoms with Crippen LogP contribution in [-0.2, 0) is 42.9 Å². The molecule has 15 nitrogen and oxygen atoms in total. The zero-order chi connectivity index (χ0) is 39.7. The van der Waals surface area contributed by atoms with Crippen LogP contribution >= 0.6 is 0 Å². The SMILES string of the molecule is CCCNC(=O)COCCOCCCC(=O)COCCOCCNC(=O)[C@H](CCC(=O)O)CC(=O)CCCCCCCCCOc1ccc(C(=O)O)cc1. The van der Waals surface area contributed by atoms with E-state index in [1.165, 1.54) is 12.1 Å². The zero-order valence-corrected chi connectivity index (χ0v) is 31.9. The summed E-state index contributed by atoms with van der Waals surface area (Å²) in [4.78, 5) is 70.8. The zero-order valence-electron chi connectivity index (χ0n) is 31.9. The maximum absolute atomic E-state index is 12.7. The van der Waals surface area contributed by atoms with Gasteiger partial charge in [0.1, 0.15) is 24.7 Å². The van der Waals surface area contributed by atoms with Crippen molar-refractivity contribution < 1.29 is 62.7 Å². The second-order valence-electron chi connectivity index (χ2n) is 12.9. The molecule has 1 rings (SSSR count). The maximum atomic E-state index is 12.7. The summed E-state index contributed by atoms with van der Waals surface area (Å²) in [5.41, 5.74) is 0.221. The molecule has 0 heterocycles. The number of aromatic carboxylic acids is 1. The van der Waals surface area contributed by atoms with Crippen molar-refractivity contribution >= 4 is 35.3 Å². The third-order valence-electron chi connectivity index (χ3n) is 8.12. The highest BCUT2D eigenvalue weighted by Gasteiger charge is 2.22. The molecular weight excluding hydrogens is 704 g/mol. The number of carboxylic acid groups (broad SMARTS) is 2. The van der Waals surface area contributed by atoms with Crippen LogP contribution in [0.25, 0.3) is 0 Å². The summed E-state index contributed by atoms with van der Waals surface area (Å²) in [5.74, 6) is -2.71. The highest BCUT2D eigenvalue weighted by molar-refractivity contribution is 5.88. The summed E-state index contributed by atoms with van der Waals surface area (Å²) >= 11 is 0. The van der Waals surface area contributed by atoms with Gasteiger partial charge in [-0.3, -0.25) is 24.0 Å². The lowest BCUT2D eigenvalue weighted by molar-refractivity contribution is -0.138. The molecule has 2 amide bonds. The van der Waals surface area contributed by atoms with Gasteiger partial charge in [-0.05, 0) is 56.4 Å². The van der Waals surface area contributed by atoms with Crippen molar-refractivity contribution in [1.82, 2.24) is 10.6 Å². The van der Waals surface area contributed by atoms with Crippen molar-refractivity contribution in [3.8, 4) is 5.75 Å². The number of benzene rings is 1. The predicted molar refractivity (Wildman–Crippen MR) is 200 cm³/mol. The summed E-state index contributed by atoms with van der Waals surface area (Å²) < 4.78 is 27.1. The topological polar surface area (TPSA) is 213 Å². The van der Waals surface area contributed by atoms with E-state index in [-0.39, 0.29) is 87.8 Å². The standard InChI is InChI=1S/C39H62N2O13/c1-2-19-40-36(44)30-53-27-24-50-21-10-12-34(43)29-52-26-25-51-23-20-41-38(47)32(15-18-37(45)46)28-33(42)11-8-6-4-3-5-7-9-22-54-35-16-13-31(14-17-35)39(48)49/h13-14,16-17,32H,2-12,15,18-30H2,1H3,(H,40,44)(H,41,47)(H,45,46)(H,48,49)/t32-/m1/s1. The van der Waals surface area contributed by atoms with E-state index in [1.54, 1.807) is 12.1 Å². The van der Waals surface area contributed by atoms with E-state index in [2.05, 4.69) is 10.6 Å². The highest BCUT2D eigenvalue weighted by atomic mass is 16.5. The Morgan fingerprint density at radius 2 is 1.22 bits per heavy atom. The second-order valence-corrected chi connectivity index (χ2v) is 12.9. The Morgan fingerprint density at radius 3 is 1.89 bits per heavy atom. The number of carbonyl (C=O) groups is 6. The van der Waals surface area contributed by atoms with Crippen molar-refractivity contribution in [2.75, 3.05) is 72.6 Å². The average molecular weight is 767 g/mol.